The molecule has 0 saturated heterocycles. The number of esters is 1. The Morgan fingerprint density at radius 2 is 2.00 bits per heavy atom. The van der Waals surface area contributed by atoms with Crippen LogP contribution in [-0.2, 0) is 14.3 Å². The lowest BCUT2D eigenvalue weighted by molar-refractivity contribution is -0.240. The minimum Gasteiger partial charge on any atom is -0.481 e. The minimum atomic E-state index is -1.92. The molecule has 1 heterocycles. The van der Waals surface area contributed by atoms with E-state index >= 15 is 0 Å². The number of aliphatic hydroxyl groups excluding tert-OH is 1. The Bertz CT molecular complexity index is 550. The van der Waals surface area contributed by atoms with Gasteiger partial charge in [-0.1, -0.05) is 6.08 Å². The van der Waals surface area contributed by atoms with Crippen LogP contribution in [0.4, 0.5) is 0 Å². The maximum Gasteiger partial charge on any atom is 0.331 e. The predicted molar refractivity (Wildman–Crippen MR) is 73.3 cm³/mol. The number of carboxylic acid groups (broad SMARTS) is 1. The lowest BCUT2D eigenvalue weighted by Gasteiger charge is -2.55. The van der Waals surface area contributed by atoms with E-state index in [0.29, 0.717) is 5.57 Å². The van der Waals surface area contributed by atoms with Crippen LogP contribution in [0.5, 0.6) is 0 Å². The Morgan fingerprint density at radius 1 is 1.38 bits per heavy atom. The number of hydrogen-bond donors (Lipinski definition) is 3. The molecular weight excluding hydrogens is 276 g/mol. The largest absolute Gasteiger partial charge is 0.481 e. The average molecular weight is 296 g/mol. The molecule has 0 radical (unpaired) electrons. The van der Waals surface area contributed by atoms with Gasteiger partial charge >= 0.3 is 11.9 Å². The summed E-state index contributed by atoms with van der Waals surface area (Å²) in [6, 6.07) is 0. The maximum absolute atomic E-state index is 11.9. The molecule has 2 aliphatic rings. The van der Waals surface area contributed by atoms with Gasteiger partial charge in [0.2, 0.25) is 0 Å². The van der Waals surface area contributed by atoms with Gasteiger partial charge < -0.3 is 20.1 Å². The molecule has 0 bridgehead atoms. The molecule has 1 aliphatic carbocycles. The lowest BCUT2D eigenvalue weighted by Crippen LogP contribution is -2.69. The molecular formula is C15H20O6. The first-order valence-electron chi connectivity index (χ1n) is 6.78. The van der Waals surface area contributed by atoms with Gasteiger partial charge in [-0.25, -0.2) is 4.79 Å². The molecule has 0 aromatic carbocycles. The number of rotatable bonds is 1. The predicted octanol–water partition coefficient (Wildman–Crippen LogP) is 0.781. The molecule has 1 fully saturated rings. The summed E-state index contributed by atoms with van der Waals surface area (Å²) in [6.45, 7) is 4.46. The highest BCUT2D eigenvalue weighted by Gasteiger charge is 2.67. The van der Waals surface area contributed by atoms with E-state index in [-0.39, 0.29) is 12.8 Å². The van der Waals surface area contributed by atoms with Crippen molar-refractivity contribution in [2.45, 2.75) is 50.9 Å². The van der Waals surface area contributed by atoms with Crippen LogP contribution in [-0.4, -0.2) is 44.6 Å². The first kappa shape index (κ1) is 15.7. The summed E-state index contributed by atoms with van der Waals surface area (Å²) >= 11 is 0. The zero-order valence-electron chi connectivity index (χ0n) is 12.3. The fraction of sp³-hybridized carbons (Fsp3) is 0.600. The number of allylic oxidation sites excluding steroid dienone is 2. The van der Waals surface area contributed by atoms with Crippen molar-refractivity contribution >= 4 is 11.9 Å². The summed E-state index contributed by atoms with van der Waals surface area (Å²) in [5.74, 6) is -1.92. The lowest BCUT2D eigenvalue weighted by atomic mass is 9.56. The topological polar surface area (TPSA) is 104 Å². The number of ether oxygens (including phenoxy) is 1. The number of aliphatic hydroxyl groups is 2. The van der Waals surface area contributed by atoms with E-state index in [1.807, 2.05) is 0 Å². The van der Waals surface area contributed by atoms with Crippen molar-refractivity contribution < 1.29 is 29.6 Å². The van der Waals surface area contributed by atoms with Crippen molar-refractivity contribution in [3.8, 4) is 0 Å². The summed E-state index contributed by atoms with van der Waals surface area (Å²) in [5.41, 5.74) is -4.57. The first-order chi connectivity index (χ1) is 9.54. The van der Waals surface area contributed by atoms with Crippen LogP contribution in [0.1, 0.15) is 33.6 Å². The molecule has 4 atom stereocenters. The van der Waals surface area contributed by atoms with Crippen molar-refractivity contribution in [3.05, 3.63) is 23.8 Å². The summed E-state index contributed by atoms with van der Waals surface area (Å²) in [4.78, 5) is 23.6. The number of fused-ring (bicyclic) bond motifs is 1. The van der Waals surface area contributed by atoms with Crippen molar-refractivity contribution in [1.29, 1.82) is 0 Å². The van der Waals surface area contributed by atoms with Crippen molar-refractivity contribution in [2.75, 3.05) is 0 Å². The standard InChI is InChI=1S/C15H20O6/c1-9-4-5-15(20)13(2,12(18)19)7-10(16)8-14(15,3)21-11(17)6-9/h4-6,10,16,20H,7-8H2,1-3H3,(H,18,19)/b5-4-,9-6-/t10-,13+,14+,15-/m1/s1. The van der Waals surface area contributed by atoms with E-state index in [4.69, 9.17) is 4.74 Å². The Balaban J connectivity index is 2.66. The number of carboxylic acids is 1. The molecule has 0 aromatic rings. The Hall–Kier alpha value is -1.66. The van der Waals surface area contributed by atoms with E-state index in [9.17, 15) is 24.9 Å². The number of hydrogen-bond acceptors (Lipinski definition) is 5. The molecule has 0 amide bonds. The van der Waals surface area contributed by atoms with Gasteiger partial charge in [0.1, 0.15) is 16.6 Å². The highest BCUT2D eigenvalue weighted by molar-refractivity contribution is 5.85. The molecule has 6 nitrogen and oxygen atoms in total. The van der Waals surface area contributed by atoms with Crippen molar-refractivity contribution in [1.82, 2.24) is 0 Å². The SMILES string of the molecule is CC1=C/C(=O)O[C@@]2(C)C[C@H](O)C[C@@](C)(C(=O)O)[C@]2(O)/C=C\1. The monoisotopic (exact) mass is 296 g/mol. The van der Waals surface area contributed by atoms with Gasteiger partial charge in [0, 0.05) is 12.5 Å². The van der Waals surface area contributed by atoms with Gasteiger partial charge in [-0.15, -0.1) is 0 Å². The van der Waals surface area contributed by atoms with Crippen LogP contribution >= 0.6 is 0 Å². The highest BCUT2D eigenvalue weighted by Crippen LogP contribution is 2.52. The highest BCUT2D eigenvalue weighted by atomic mass is 16.6. The minimum absolute atomic E-state index is 0.0324. The van der Waals surface area contributed by atoms with Crippen LogP contribution in [0.2, 0.25) is 0 Å². The molecule has 1 aliphatic heterocycles. The van der Waals surface area contributed by atoms with Crippen LogP contribution in [0.15, 0.2) is 23.8 Å². The van der Waals surface area contributed by atoms with Gasteiger partial charge in [0.05, 0.1) is 6.10 Å². The van der Waals surface area contributed by atoms with Gasteiger partial charge in [-0.3, -0.25) is 4.79 Å². The van der Waals surface area contributed by atoms with Crippen LogP contribution in [0, 0.1) is 5.41 Å². The number of aliphatic carboxylic acids is 1. The first-order valence-corrected chi connectivity index (χ1v) is 6.78. The quantitative estimate of drug-likeness (QED) is 0.618. The maximum atomic E-state index is 11.9. The molecule has 2 rings (SSSR count). The third-order valence-corrected chi connectivity index (χ3v) is 4.65. The molecule has 1 saturated carbocycles. The van der Waals surface area contributed by atoms with Crippen LogP contribution in [0.3, 0.4) is 0 Å². The summed E-state index contributed by atoms with van der Waals surface area (Å²) in [5, 5.41) is 30.7. The van der Waals surface area contributed by atoms with Gasteiger partial charge in [0.15, 0.2) is 0 Å². The van der Waals surface area contributed by atoms with Crippen molar-refractivity contribution in [3.63, 3.8) is 0 Å². The second-order valence-corrected chi connectivity index (χ2v) is 6.34. The second kappa shape index (κ2) is 4.68. The van der Waals surface area contributed by atoms with E-state index in [2.05, 4.69) is 0 Å². The molecule has 3 N–H and O–H groups in total. The van der Waals surface area contributed by atoms with Gasteiger partial charge in [-0.05, 0) is 38.8 Å². The van der Waals surface area contributed by atoms with E-state index < -0.39 is 34.7 Å². The third kappa shape index (κ3) is 2.18. The van der Waals surface area contributed by atoms with Crippen LogP contribution in [0.25, 0.3) is 0 Å². The van der Waals surface area contributed by atoms with Gasteiger partial charge in [-0.2, -0.15) is 0 Å². The molecule has 0 aromatic heterocycles. The smallest absolute Gasteiger partial charge is 0.331 e. The zero-order valence-corrected chi connectivity index (χ0v) is 12.3. The third-order valence-electron chi connectivity index (χ3n) is 4.65. The fourth-order valence-electron chi connectivity index (χ4n) is 3.36. The Kier molecular flexibility index (Phi) is 3.50. The average Bonchev–Trinajstić information content (AvgIpc) is 2.31. The Morgan fingerprint density at radius 3 is 2.57 bits per heavy atom. The summed E-state index contributed by atoms with van der Waals surface area (Å²) < 4.78 is 5.33. The van der Waals surface area contributed by atoms with E-state index in [1.54, 1.807) is 6.92 Å². The summed E-state index contributed by atoms with van der Waals surface area (Å²) in [6.07, 6.45) is 3.00. The summed E-state index contributed by atoms with van der Waals surface area (Å²) in [7, 11) is 0. The zero-order chi connectivity index (χ0) is 16.1. The van der Waals surface area contributed by atoms with Gasteiger partial charge in [0.25, 0.3) is 0 Å². The normalized spacial score (nSPS) is 47.2. The molecule has 0 unspecified atom stereocenters. The van der Waals surface area contributed by atoms with Crippen LogP contribution < -0.4 is 0 Å². The fourth-order valence-corrected chi connectivity index (χ4v) is 3.36. The molecule has 0 spiro atoms. The number of carbonyl (C=O) groups excluding carboxylic acids is 1. The van der Waals surface area contributed by atoms with E-state index in [0.717, 1.165) is 0 Å². The number of carbonyl (C=O) groups is 2. The van der Waals surface area contributed by atoms with E-state index in [1.165, 1.54) is 32.1 Å². The van der Waals surface area contributed by atoms with Crippen molar-refractivity contribution in [2.24, 2.45) is 5.41 Å². The molecule has 21 heavy (non-hydrogen) atoms. The second-order valence-electron chi connectivity index (χ2n) is 6.34. The Labute approximate surface area is 122 Å². The molecule has 6 heteroatoms. The molecule has 116 valence electrons.